The molecule has 0 aliphatic rings. The molecule has 0 aliphatic heterocycles. The van der Waals surface area contributed by atoms with Gasteiger partial charge in [-0.25, -0.2) is 0 Å². The fourth-order valence-electron chi connectivity index (χ4n) is 2.74. The van der Waals surface area contributed by atoms with Crippen LogP contribution < -0.4 is 0 Å². The summed E-state index contributed by atoms with van der Waals surface area (Å²) in [5, 5.41) is 13.6. The third-order valence-electron chi connectivity index (χ3n) is 3.85. The smallest absolute Gasteiger partial charge is 0.258 e. The maximum atomic E-state index is 11.1. The number of halogens is 1. The van der Waals surface area contributed by atoms with Crippen molar-refractivity contribution in [2.75, 3.05) is 0 Å². The first-order valence-electron chi connectivity index (χ1n) is 6.99. The minimum Gasteiger partial charge on any atom is -0.258 e. The summed E-state index contributed by atoms with van der Waals surface area (Å²) < 4.78 is 2.94. The van der Waals surface area contributed by atoms with E-state index in [-0.39, 0.29) is 10.6 Å². The van der Waals surface area contributed by atoms with E-state index in [1.807, 2.05) is 24.3 Å². The highest BCUT2D eigenvalue weighted by atomic mass is 79.9. The second-order valence-corrected chi connectivity index (χ2v) is 7.17. The summed E-state index contributed by atoms with van der Waals surface area (Å²) in [7, 11) is 0. The molecule has 23 heavy (non-hydrogen) atoms. The first kappa shape index (κ1) is 14.4. The minimum absolute atomic E-state index is 0.0823. The molecule has 4 rings (SSSR count). The maximum Gasteiger partial charge on any atom is 0.284 e. The van der Waals surface area contributed by atoms with Gasteiger partial charge in [-0.15, -0.1) is 11.3 Å². The van der Waals surface area contributed by atoms with Crippen molar-refractivity contribution in [1.82, 2.24) is 0 Å². The van der Waals surface area contributed by atoms with Gasteiger partial charge in [-0.05, 0) is 45.3 Å². The third kappa shape index (κ3) is 2.42. The number of hydrogen-bond acceptors (Lipinski definition) is 3. The van der Waals surface area contributed by atoms with Crippen molar-refractivity contribution in [3.63, 3.8) is 0 Å². The van der Waals surface area contributed by atoms with Gasteiger partial charge in [0.25, 0.3) is 5.69 Å². The number of rotatable bonds is 2. The summed E-state index contributed by atoms with van der Waals surface area (Å²) in [4.78, 5) is 10.7. The van der Waals surface area contributed by atoms with Gasteiger partial charge < -0.3 is 0 Å². The Morgan fingerprint density at radius 3 is 2.39 bits per heavy atom. The molecule has 0 fully saturated rings. The lowest BCUT2D eigenvalue weighted by molar-refractivity contribution is -0.385. The molecule has 0 spiro atoms. The van der Waals surface area contributed by atoms with Crippen LogP contribution in [-0.2, 0) is 0 Å². The van der Waals surface area contributed by atoms with Crippen molar-refractivity contribution < 1.29 is 4.92 Å². The third-order valence-corrected chi connectivity index (χ3v) is 5.66. The summed E-state index contributed by atoms with van der Waals surface area (Å²) >= 11 is 4.97. The normalized spacial score (nSPS) is 11.2. The molecule has 0 saturated carbocycles. The largest absolute Gasteiger partial charge is 0.284 e. The number of nitro groups is 1. The molecule has 0 N–H and O–H groups in total. The SMILES string of the molecule is O=[N+]([O-])c1cc(-c2ccc3c(c2)sc2ccccc23)ccc1Br. The lowest BCUT2D eigenvalue weighted by Gasteiger charge is -2.03. The molecule has 1 aromatic heterocycles. The average molecular weight is 384 g/mol. The number of nitrogens with zero attached hydrogens (tertiary/aromatic N) is 1. The van der Waals surface area contributed by atoms with Gasteiger partial charge >= 0.3 is 0 Å². The number of thiophene rings is 1. The topological polar surface area (TPSA) is 43.1 Å². The van der Waals surface area contributed by atoms with Crippen LogP contribution in [0, 0.1) is 10.1 Å². The first-order valence-corrected chi connectivity index (χ1v) is 8.60. The Morgan fingerprint density at radius 2 is 1.57 bits per heavy atom. The van der Waals surface area contributed by atoms with Crippen molar-refractivity contribution >= 4 is 53.1 Å². The highest BCUT2D eigenvalue weighted by Crippen LogP contribution is 2.37. The molecule has 0 atom stereocenters. The quantitative estimate of drug-likeness (QED) is 0.297. The Hall–Kier alpha value is -2.24. The van der Waals surface area contributed by atoms with E-state index >= 15 is 0 Å². The van der Waals surface area contributed by atoms with Crippen LogP contribution in [0.4, 0.5) is 5.69 Å². The summed E-state index contributed by atoms with van der Waals surface area (Å²) in [5.74, 6) is 0. The van der Waals surface area contributed by atoms with Crippen LogP contribution in [-0.4, -0.2) is 4.92 Å². The zero-order chi connectivity index (χ0) is 16.0. The van der Waals surface area contributed by atoms with E-state index in [2.05, 4.69) is 40.2 Å². The van der Waals surface area contributed by atoms with Crippen LogP contribution in [0.1, 0.15) is 0 Å². The van der Waals surface area contributed by atoms with Crippen molar-refractivity contribution in [1.29, 1.82) is 0 Å². The van der Waals surface area contributed by atoms with E-state index in [4.69, 9.17) is 0 Å². The summed E-state index contributed by atoms with van der Waals surface area (Å²) in [5.41, 5.74) is 1.91. The van der Waals surface area contributed by atoms with Gasteiger partial charge in [-0.3, -0.25) is 10.1 Å². The molecule has 0 bridgehead atoms. The van der Waals surface area contributed by atoms with Crippen LogP contribution in [0.3, 0.4) is 0 Å². The standard InChI is InChI=1S/C18H10BrNO2S/c19-15-8-6-11(9-16(15)20(21)22)12-5-7-14-13-3-1-2-4-17(13)23-18(14)10-12/h1-10H. The molecule has 1 heterocycles. The number of fused-ring (bicyclic) bond motifs is 3. The van der Waals surface area contributed by atoms with Gasteiger partial charge in [-0.1, -0.05) is 36.4 Å². The molecule has 3 aromatic carbocycles. The van der Waals surface area contributed by atoms with E-state index in [9.17, 15) is 10.1 Å². The minimum atomic E-state index is -0.369. The predicted molar refractivity (Wildman–Crippen MR) is 99.1 cm³/mol. The zero-order valence-corrected chi connectivity index (χ0v) is 14.2. The van der Waals surface area contributed by atoms with E-state index in [1.54, 1.807) is 23.5 Å². The van der Waals surface area contributed by atoms with Gasteiger partial charge in [0, 0.05) is 26.2 Å². The molecule has 112 valence electrons. The molecule has 0 unspecified atom stereocenters. The number of hydrogen-bond donors (Lipinski definition) is 0. The Morgan fingerprint density at radius 1 is 0.870 bits per heavy atom. The summed E-state index contributed by atoms with van der Waals surface area (Å²) in [6, 6.07) is 19.8. The van der Waals surface area contributed by atoms with Gasteiger partial charge in [-0.2, -0.15) is 0 Å². The summed E-state index contributed by atoms with van der Waals surface area (Å²) in [6.45, 7) is 0. The van der Waals surface area contributed by atoms with E-state index < -0.39 is 0 Å². The molecule has 5 heteroatoms. The second-order valence-electron chi connectivity index (χ2n) is 5.23. The molecule has 0 aliphatic carbocycles. The van der Waals surface area contributed by atoms with Crippen LogP contribution in [0.25, 0.3) is 31.3 Å². The Kier molecular flexibility index (Phi) is 3.39. The molecule has 4 aromatic rings. The van der Waals surface area contributed by atoms with Gasteiger partial charge in [0.1, 0.15) is 0 Å². The zero-order valence-electron chi connectivity index (χ0n) is 11.8. The Bertz CT molecular complexity index is 1070. The van der Waals surface area contributed by atoms with Gasteiger partial charge in [0.15, 0.2) is 0 Å². The molecule has 3 nitrogen and oxygen atoms in total. The molecule has 0 radical (unpaired) electrons. The lowest BCUT2D eigenvalue weighted by atomic mass is 10.0. The van der Waals surface area contributed by atoms with Gasteiger partial charge in [0.2, 0.25) is 0 Å². The van der Waals surface area contributed by atoms with Crippen LogP contribution in [0.15, 0.2) is 65.1 Å². The highest BCUT2D eigenvalue weighted by Gasteiger charge is 2.14. The fourth-order valence-corrected chi connectivity index (χ4v) is 4.27. The van der Waals surface area contributed by atoms with E-state index in [1.165, 1.54) is 20.2 Å². The van der Waals surface area contributed by atoms with Crippen molar-refractivity contribution in [3.8, 4) is 11.1 Å². The van der Waals surface area contributed by atoms with Crippen LogP contribution in [0.5, 0.6) is 0 Å². The van der Waals surface area contributed by atoms with E-state index in [0.717, 1.165) is 11.1 Å². The highest BCUT2D eigenvalue weighted by molar-refractivity contribution is 9.10. The van der Waals surface area contributed by atoms with Crippen LogP contribution in [0.2, 0.25) is 0 Å². The average Bonchev–Trinajstić information content (AvgIpc) is 2.92. The predicted octanol–water partition coefficient (Wildman–Crippen LogP) is 6.39. The fraction of sp³-hybridized carbons (Fsp3) is 0. The number of nitro benzene ring substituents is 1. The molecule has 0 amide bonds. The van der Waals surface area contributed by atoms with Crippen LogP contribution >= 0.6 is 27.3 Å². The molecular formula is C18H10BrNO2S. The maximum absolute atomic E-state index is 11.1. The molecule has 0 saturated heterocycles. The first-order chi connectivity index (χ1) is 11.1. The monoisotopic (exact) mass is 383 g/mol. The van der Waals surface area contributed by atoms with Crippen molar-refractivity contribution in [3.05, 3.63) is 75.3 Å². The van der Waals surface area contributed by atoms with Gasteiger partial charge in [0.05, 0.1) is 9.40 Å². The van der Waals surface area contributed by atoms with E-state index in [0.29, 0.717) is 4.47 Å². The summed E-state index contributed by atoms with van der Waals surface area (Å²) in [6.07, 6.45) is 0. The van der Waals surface area contributed by atoms with Crippen molar-refractivity contribution in [2.45, 2.75) is 0 Å². The second kappa shape index (κ2) is 5.44. The Balaban J connectivity index is 1.91. The van der Waals surface area contributed by atoms with Crippen molar-refractivity contribution in [2.24, 2.45) is 0 Å². The molecular weight excluding hydrogens is 374 g/mol. The Labute approximate surface area is 144 Å². The number of benzene rings is 3. The lowest BCUT2D eigenvalue weighted by Crippen LogP contribution is -1.90.